The molecule has 4 heteroatoms. The Bertz CT molecular complexity index is 508. The summed E-state index contributed by atoms with van der Waals surface area (Å²) in [6.45, 7) is 5.66. The van der Waals surface area contributed by atoms with E-state index in [9.17, 15) is 9.59 Å². The standard InChI is InChI=1S/C19H28O4/c1-4-7-8-9-10-11-15-12-13-16(22-18(20)5-2)17(14-15)23-19(21)6-3/h12-14H,4-11H2,1-3H3. The van der Waals surface area contributed by atoms with Gasteiger partial charge in [-0.2, -0.15) is 0 Å². The molecular formula is C19H28O4. The van der Waals surface area contributed by atoms with Crippen LogP contribution in [0.25, 0.3) is 0 Å². The Morgan fingerprint density at radius 3 is 2.04 bits per heavy atom. The van der Waals surface area contributed by atoms with Crippen molar-refractivity contribution in [2.45, 2.75) is 72.1 Å². The molecule has 0 radical (unpaired) electrons. The van der Waals surface area contributed by atoms with E-state index >= 15 is 0 Å². The maximum Gasteiger partial charge on any atom is 0.311 e. The summed E-state index contributed by atoms with van der Waals surface area (Å²) in [6, 6.07) is 5.46. The first-order valence-electron chi connectivity index (χ1n) is 8.64. The maximum atomic E-state index is 11.6. The van der Waals surface area contributed by atoms with Gasteiger partial charge in [-0.25, -0.2) is 0 Å². The summed E-state index contributed by atoms with van der Waals surface area (Å²) in [5.41, 5.74) is 1.09. The molecule has 0 saturated carbocycles. The van der Waals surface area contributed by atoms with Crippen LogP contribution in [0.1, 0.15) is 71.3 Å². The van der Waals surface area contributed by atoms with E-state index < -0.39 is 0 Å². The van der Waals surface area contributed by atoms with Crippen LogP contribution in [0.3, 0.4) is 0 Å². The summed E-state index contributed by atoms with van der Waals surface area (Å²) in [5.74, 6) is -0.0249. The lowest BCUT2D eigenvalue weighted by molar-refractivity contribution is -0.136. The molecule has 1 rings (SSSR count). The van der Waals surface area contributed by atoms with Crippen LogP contribution in [0, 0.1) is 0 Å². The molecule has 0 aliphatic heterocycles. The predicted octanol–water partition coefficient (Wildman–Crippen LogP) is 4.83. The van der Waals surface area contributed by atoms with Gasteiger partial charge in [-0.1, -0.05) is 52.5 Å². The molecule has 0 fully saturated rings. The zero-order valence-corrected chi connectivity index (χ0v) is 14.5. The quantitative estimate of drug-likeness (QED) is 0.352. The number of benzene rings is 1. The number of unbranched alkanes of at least 4 members (excludes halogenated alkanes) is 4. The van der Waals surface area contributed by atoms with Crippen LogP contribution in [0.15, 0.2) is 18.2 Å². The van der Waals surface area contributed by atoms with E-state index in [1.54, 1.807) is 19.9 Å². The average molecular weight is 320 g/mol. The molecule has 0 aliphatic rings. The minimum Gasteiger partial charge on any atom is -0.423 e. The van der Waals surface area contributed by atoms with Gasteiger partial charge in [0.15, 0.2) is 11.5 Å². The second kappa shape index (κ2) is 10.8. The Kier molecular flexibility index (Phi) is 9.03. The van der Waals surface area contributed by atoms with E-state index in [0.29, 0.717) is 11.5 Å². The first-order valence-corrected chi connectivity index (χ1v) is 8.64. The molecule has 0 aliphatic carbocycles. The number of ether oxygens (including phenoxy) is 2. The van der Waals surface area contributed by atoms with Gasteiger partial charge in [-0.3, -0.25) is 9.59 Å². The zero-order chi connectivity index (χ0) is 17.1. The zero-order valence-electron chi connectivity index (χ0n) is 14.5. The molecule has 4 nitrogen and oxygen atoms in total. The highest BCUT2D eigenvalue weighted by molar-refractivity contribution is 5.76. The van der Waals surface area contributed by atoms with Crippen molar-refractivity contribution >= 4 is 11.9 Å². The molecule has 0 saturated heterocycles. The summed E-state index contributed by atoms with van der Waals surface area (Å²) in [7, 11) is 0. The number of esters is 2. The molecule has 0 N–H and O–H groups in total. The first-order chi connectivity index (χ1) is 11.1. The van der Waals surface area contributed by atoms with Crippen molar-refractivity contribution in [2.24, 2.45) is 0 Å². The van der Waals surface area contributed by atoms with Crippen molar-refractivity contribution < 1.29 is 19.1 Å². The van der Waals surface area contributed by atoms with E-state index in [-0.39, 0.29) is 24.8 Å². The normalized spacial score (nSPS) is 10.4. The topological polar surface area (TPSA) is 52.6 Å². The van der Waals surface area contributed by atoms with Crippen molar-refractivity contribution in [2.75, 3.05) is 0 Å². The minimum absolute atomic E-state index is 0.278. The number of hydrogen-bond donors (Lipinski definition) is 0. The Morgan fingerprint density at radius 1 is 0.826 bits per heavy atom. The third-order valence-corrected chi connectivity index (χ3v) is 3.60. The minimum atomic E-state index is -0.342. The highest BCUT2D eigenvalue weighted by Gasteiger charge is 2.13. The van der Waals surface area contributed by atoms with Crippen LogP contribution >= 0.6 is 0 Å². The van der Waals surface area contributed by atoms with E-state index in [2.05, 4.69) is 6.92 Å². The molecule has 0 atom stereocenters. The smallest absolute Gasteiger partial charge is 0.311 e. The fraction of sp³-hybridized carbons (Fsp3) is 0.579. The van der Waals surface area contributed by atoms with Crippen molar-refractivity contribution in [1.29, 1.82) is 0 Å². The van der Waals surface area contributed by atoms with E-state index in [1.807, 2.05) is 12.1 Å². The molecule has 0 aromatic heterocycles. The lowest BCUT2D eigenvalue weighted by Gasteiger charge is -2.11. The van der Waals surface area contributed by atoms with Crippen molar-refractivity contribution in [1.82, 2.24) is 0 Å². The Morgan fingerprint density at radius 2 is 1.43 bits per heavy atom. The first kappa shape index (κ1) is 19.2. The van der Waals surface area contributed by atoms with Crippen LogP contribution in [-0.2, 0) is 16.0 Å². The van der Waals surface area contributed by atoms with E-state index in [1.165, 1.54) is 25.7 Å². The van der Waals surface area contributed by atoms with Crippen molar-refractivity contribution in [3.05, 3.63) is 23.8 Å². The second-order valence-corrected chi connectivity index (χ2v) is 5.60. The molecule has 23 heavy (non-hydrogen) atoms. The number of carbonyl (C=O) groups is 2. The van der Waals surface area contributed by atoms with Gasteiger partial charge >= 0.3 is 11.9 Å². The molecule has 0 bridgehead atoms. The Hall–Kier alpha value is -1.84. The Labute approximate surface area is 139 Å². The van der Waals surface area contributed by atoms with Crippen LogP contribution in [0.5, 0.6) is 11.5 Å². The SMILES string of the molecule is CCCCCCCc1ccc(OC(=O)CC)c(OC(=O)CC)c1. The van der Waals surface area contributed by atoms with Crippen LogP contribution in [0.4, 0.5) is 0 Å². The number of carbonyl (C=O) groups excluding carboxylic acids is 2. The van der Waals surface area contributed by atoms with Crippen molar-refractivity contribution in [3.63, 3.8) is 0 Å². The second-order valence-electron chi connectivity index (χ2n) is 5.60. The van der Waals surface area contributed by atoms with Gasteiger partial charge in [0.25, 0.3) is 0 Å². The molecule has 1 aromatic rings. The summed E-state index contributed by atoms with van der Waals surface area (Å²) in [5, 5.41) is 0. The van der Waals surface area contributed by atoms with Crippen LogP contribution in [0.2, 0.25) is 0 Å². The van der Waals surface area contributed by atoms with Gasteiger partial charge in [-0.15, -0.1) is 0 Å². The largest absolute Gasteiger partial charge is 0.423 e. The van der Waals surface area contributed by atoms with E-state index in [0.717, 1.165) is 18.4 Å². The lowest BCUT2D eigenvalue weighted by Crippen LogP contribution is -2.10. The summed E-state index contributed by atoms with van der Waals surface area (Å²) >= 11 is 0. The van der Waals surface area contributed by atoms with Gasteiger partial charge < -0.3 is 9.47 Å². The monoisotopic (exact) mass is 320 g/mol. The van der Waals surface area contributed by atoms with Crippen molar-refractivity contribution in [3.8, 4) is 11.5 Å². The third kappa shape index (κ3) is 7.31. The Balaban J connectivity index is 2.75. The van der Waals surface area contributed by atoms with Crippen LogP contribution < -0.4 is 9.47 Å². The molecule has 0 amide bonds. The number of rotatable bonds is 10. The fourth-order valence-electron chi connectivity index (χ4n) is 2.19. The number of aryl methyl sites for hydroxylation is 1. The average Bonchev–Trinajstić information content (AvgIpc) is 2.56. The lowest BCUT2D eigenvalue weighted by atomic mass is 10.1. The fourth-order valence-corrected chi connectivity index (χ4v) is 2.19. The highest BCUT2D eigenvalue weighted by atomic mass is 16.6. The van der Waals surface area contributed by atoms with E-state index in [4.69, 9.17) is 9.47 Å². The molecule has 1 aromatic carbocycles. The molecule has 0 heterocycles. The highest BCUT2D eigenvalue weighted by Crippen LogP contribution is 2.30. The summed E-state index contributed by atoms with van der Waals surface area (Å²) < 4.78 is 10.5. The third-order valence-electron chi connectivity index (χ3n) is 3.60. The summed E-state index contributed by atoms with van der Waals surface area (Å²) in [6.07, 6.45) is 7.55. The van der Waals surface area contributed by atoms with Gasteiger partial charge in [-0.05, 0) is 30.5 Å². The number of hydrogen-bond acceptors (Lipinski definition) is 4. The molecular weight excluding hydrogens is 292 g/mol. The van der Waals surface area contributed by atoms with Gasteiger partial charge in [0.2, 0.25) is 0 Å². The maximum absolute atomic E-state index is 11.6. The molecule has 0 unspecified atom stereocenters. The van der Waals surface area contributed by atoms with Gasteiger partial charge in [0.1, 0.15) is 0 Å². The molecule has 0 spiro atoms. The van der Waals surface area contributed by atoms with Crippen LogP contribution in [-0.4, -0.2) is 11.9 Å². The predicted molar refractivity (Wildman–Crippen MR) is 90.8 cm³/mol. The van der Waals surface area contributed by atoms with Gasteiger partial charge in [0.05, 0.1) is 0 Å². The van der Waals surface area contributed by atoms with Gasteiger partial charge in [0, 0.05) is 12.8 Å². The summed E-state index contributed by atoms with van der Waals surface area (Å²) in [4.78, 5) is 23.1. The molecule has 128 valence electrons.